The number of carboxylic acids is 2. The summed E-state index contributed by atoms with van der Waals surface area (Å²) in [6, 6.07) is 6.07. The van der Waals surface area contributed by atoms with Crippen LogP contribution in [0.25, 0.3) is 10.9 Å². The van der Waals surface area contributed by atoms with Gasteiger partial charge in [-0.2, -0.15) is 26.3 Å². The summed E-state index contributed by atoms with van der Waals surface area (Å²) < 4.78 is 68.8. The Labute approximate surface area is 246 Å². The Kier molecular flexibility index (Phi) is 12.5. The van der Waals surface area contributed by atoms with Crippen molar-refractivity contribution < 1.29 is 55.7 Å². The average Bonchev–Trinajstić information content (AvgIpc) is 2.93. The zero-order valence-electron chi connectivity index (χ0n) is 23.3. The van der Waals surface area contributed by atoms with Crippen molar-refractivity contribution in [2.75, 3.05) is 31.6 Å². The second kappa shape index (κ2) is 15.3. The number of nitrogens with two attached hydrogens (primary N) is 1. The molecule has 19 heteroatoms. The van der Waals surface area contributed by atoms with Crippen LogP contribution in [-0.2, 0) is 14.3 Å². The Morgan fingerprint density at radius 2 is 1.50 bits per heavy atom. The lowest BCUT2D eigenvalue weighted by molar-refractivity contribution is -0.193. The third-order valence-corrected chi connectivity index (χ3v) is 6.25. The number of carboxylic acid groups (broad SMARTS) is 2. The summed E-state index contributed by atoms with van der Waals surface area (Å²) in [5, 5.41) is 29.4. The first kappa shape index (κ1) is 35.8. The smallest absolute Gasteiger partial charge is 0.475 e. The zero-order valence-corrected chi connectivity index (χ0v) is 23.3. The second-order valence-electron chi connectivity index (χ2n) is 9.63. The van der Waals surface area contributed by atoms with Gasteiger partial charge in [0, 0.05) is 30.6 Å². The van der Waals surface area contributed by atoms with Crippen molar-refractivity contribution in [3.05, 3.63) is 29.6 Å². The highest BCUT2D eigenvalue weighted by atomic mass is 19.4. The zero-order chi connectivity index (χ0) is 33.2. The van der Waals surface area contributed by atoms with Crippen LogP contribution in [0.4, 0.5) is 32.2 Å². The van der Waals surface area contributed by atoms with Crippen LogP contribution in [0.5, 0.6) is 0 Å². The normalized spacial score (nSPS) is 18.6. The predicted molar refractivity (Wildman–Crippen MR) is 143 cm³/mol. The minimum absolute atomic E-state index is 0.0275. The Morgan fingerprint density at radius 1 is 0.977 bits per heavy atom. The highest BCUT2D eigenvalue weighted by Crippen LogP contribution is 2.27. The van der Waals surface area contributed by atoms with Crippen molar-refractivity contribution in [1.82, 2.24) is 20.2 Å². The summed E-state index contributed by atoms with van der Waals surface area (Å²) in [5.41, 5.74) is 7.43. The molecule has 1 aromatic carbocycles. The van der Waals surface area contributed by atoms with Crippen LogP contribution in [0.2, 0.25) is 0 Å². The molecular weight excluding hydrogens is 608 g/mol. The number of aryl methyl sites for hydroxylation is 1. The number of benzene rings is 1. The lowest BCUT2D eigenvalue weighted by atomic mass is 9.90. The number of fused-ring (bicyclic) bond motifs is 1. The van der Waals surface area contributed by atoms with E-state index in [4.69, 9.17) is 35.7 Å². The molecule has 2 aromatic rings. The first-order valence-electron chi connectivity index (χ1n) is 13.0. The standard InChI is InChI=1S/C21H29N7O2.2C2HF3O2/c1-13-6-7-15-14(12-13)18(25-16-4-2-3-5-17(16)26-21(22)23)27-19(24-15)20(29)28-8-10-30-11-9-28;2*3-2(4,5)1(6)7/h6-7,12,16-17H,2-5,8-11H2,1H3,(H4,22,23,26)(H,24,25,27);2*(H,6,7). The van der Waals surface area contributed by atoms with E-state index in [9.17, 15) is 31.1 Å². The van der Waals surface area contributed by atoms with Crippen molar-refractivity contribution in [3.63, 3.8) is 0 Å². The summed E-state index contributed by atoms with van der Waals surface area (Å²) >= 11 is 0. The molecular formula is C25H31F6N7O6. The van der Waals surface area contributed by atoms with Crippen LogP contribution in [-0.4, -0.2) is 99.6 Å². The highest BCUT2D eigenvalue weighted by Gasteiger charge is 2.39. The number of aromatic nitrogens is 2. The predicted octanol–water partition coefficient (Wildman–Crippen LogP) is 2.88. The Morgan fingerprint density at radius 3 is 2.00 bits per heavy atom. The summed E-state index contributed by atoms with van der Waals surface area (Å²) in [4.78, 5) is 41.8. The van der Waals surface area contributed by atoms with E-state index in [1.165, 1.54) is 0 Å². The van der Waals surface area contributed by atoms with Crippen molar-refractivity contribution in [2.45, 2.75) is 57.0 Å². The van der Waals surface area contributed by atoms with Crippen LogP contribution in [0.3, 0.4) is 0 Å². The quantitative estimate of drug-likeness (QED) is 0.163. The number of carbonyl (C=O) groups excluding carboxylic acids is 1. The number of hydrogen-bond donors (Lipinski definition) is 6. The molecule has 2 atom stereocenters. The van der Waals surface area contributed by atoms with Gasteiger partial charge in [0.1, 0.15) is 5.82 Å². The van der Waals surface area contributed by atoms with E-state index in [1.54, 1.807) is 4.90 Å². The molecule has 4 rings (SSSR count). The number of ether oxygens (including phenoxy) is 1. The molecule has 2 fully saturated rings. The molecule has 1 amide bonds. The number of aliphatic carboxylic acids is 2. The number of anilines is 1. The van der Waals surface area contributed by atoms with Gasteiger partial charge in [0.05, 0.1) is 18.7 Å². The Hall–Kier alpha value is -4.42. The second-order valence-corrected chi connectivity index (χ2v) is 9.63. The molecule has 1 saturated carbocycles. The van der Waals surface area contributed by atoms with Gasteiger partial charge in [0.15, 0.2) is 5.96 Å². The van der Waals surface area contributed by atoms with E-state index in [0.717, 1.165) is 42.1 Å². The number of nitrogens with one attached hydrogen (secondary N) is 3. The van der Waals surface area contributed by atoms with Crippen LogP contribution >= 0.6 is 0 Å². The van der Waals surface area contributed by atoms with Gasteiger partial charge in [0.2, 0.25) is 5.82 Å². The number of morpholine rings is 1. The van der Waals surface area contributed by atoms with E-state index in [1.807, 2.05) is 25.1 Å². The Balaban J connectivity index is 0.000000402. The Bertz CT molecular complexity index is 1310. The first-order valence-corrected chi connectivity index (χ1v) is 13.0. The van der Waals surface area contributed by atoms with E-state index >= 15 is 0 Å². The third-order valence-electron chi connectivity index (χ3n) is 6.25. The van der Waals surface area contributed by atoms with Crippen molar-refractivity contribution in [2.24, 2.45) is 5.73 Å². The molecule has 13 nitrogen and oxygen atoms in total. The van der Waals surface area contributed by atoms with E-state index in [0.29, 0.717) is 32.1 Å². The molecule has 1 aliphatic carbocycles. The number of amides is 1. The number of nitrogens with zero attached hydrogens (tertiary/aromatic N) is 3. The molecule has 1 aliphatic heterocycles. The monoisotopic (exact) mass is 639 g/mol. The molecule has 0 bridgehead atoms. The lowest BCUT2D eigenvalue weighted by Gasteiger charge is -2.33. The first-order chi connectivity index (χ1) is 20.4. The highest BCUT2D eigenvalue weighted by molar-refractivity contribution is 5.96. The van der Waals surface area contributed by atoms with E-state index < -0.39 is 24.3 Å². The lowest BCUT2D eigenvalue weighted by Crippen LogP contribution is -2.50. The number of rotatable bonds is 4. The largest absolute Gasteiger partial charge is 0.490 e. The third kappa shape index (κ3) is 11.0. The van der Waals surface area contributed by atoms with Crippen LogP contribution in [0, 0.1) is 12.3 Å². The average molecular weight is 640 g/mol. The molecule has 0 spiro atoms. The fraction of sp³-hybridized carbons (Fsp3) is 0.520. The molecule has 1 aromatic heterocycles. The number of guanidine groups is 1. The van der Waals surface area contributed by atoms with Gasteiger partial charge in [0.25, 0.3) is 5.91 Å². The summed E-state index contributed by atoms with van der Waals surface area (Å²) in [5.74, 6) is -4.86. The van der Waals surface area contributed by atoms with Gasteiger partial charge in [-0.05, 0) is 31.9 Å². The fourth-order valence-electron chi connectivity index (χ4n) is 4.21. The summed E-state index contributed by atoms with van der Waals surface area (Å²) in [6.45, 7) is 4.18. The summed E-state index contributed by atoms with van der Waals surface area (Å²) in [7, 11) is 0. The number of carbonyl (C=O) groups is 3. The van der Waals surface area contributed by atoms with Crippen LogP contribution in [0.15, 0.2) is 18.2 Å². The van der Waals surface area contributed by atoms with Crippen LogP contribution in [0.1, 0.15) is 41.9 Å². The van der Waals surface area contributed by atoms with Gasteiger partial charge in [-0.15, -0.1) is 0 Å². The van der Waals surface area contributed by atoms with Gasteiger partial charge >= 0.3 is 24.3 Å². The molecule has 0 radical (unpaired) electrons. The van der Waals surface area contributed by atoms with Gasteiger partial charge in [-0.1, -0.05) is 24.5 Å². The number of halogens is 6. The minimum atomic E-state index is -5.08. The van der Waals surface area contributed by atoms with E-state index in [2.05, 4.69) is 20.6 Å². The maximum atomic E-state index is 13.0. The maximum absolute atomic E-state index is 13.0. The molecule has 2 unspecified atom stereocenters. The minimum Gasteiger partial charge on any atom is -0.475 e. The topological polar surface area (TPSA) is 204 Å². The molecule has 2 aliphatic rings. The van der Waals surface area contributed by atoms with E-state index in [-0.39, 0.29) is 29.8 Å². The summed E-state index contributed by atoms with van der Waals surface area (Å²) in [6.07, 6.45) is -6.11. The van der Waals surface area contributed by atoms with Crippen molar-refractivity contribution in [1.29, 1.82) is 5.41 Å². The number of alkyl halides is 6. The molecule has 2 heterocycles. The molecule has 244 valence electrons. The van der Waals surface area contributed by atoms with Crippen LogP contribution < -0.4 is 16.4 Å². The molecule has 1 saturated heterocycles. The maximum Gasteiger partial charge on any atom is 0.490 e. The van der Waals surface area contributed by atoms with Crippen molar-refractivity contribution in [3.8, 4) is 0 Å². The molecule has 44 heavy (non-hydrogen) atoms. The van der Waals surface area contributed by atoms with Gasteiger partial charge < -0.3 is 36.2 Å². The number of hydrogen-bond acceptors (Lipinski definition) is 8. The molecule has 7 N–H and O–H groups in total. The van der Waals surface area contributed by atoms with Crippen molar-refractivity contribution >= 4 is 40.5 Å². The van der Waals surface area contributed by atoms with Gasteiger partial charge in [-0.25, -0.2) is 19.6 Å². The SMILES string of the molecule is Cc1ccc2nc(C(=O)N3CCOCC3)nc(NC3CCCCC3NC(=N)N)c2c1.O=C(O)C(F)(F)F.O=C(O)C(F)(F)F. The van der Waals surface area contributed by atoms with Gasteiger partial charge in [-0.3, -0.25) is 10.2 Å². The fourth-order valence-corrected chi connectivity index (χ4v) is 4.21.